The van der Waals surface area contributed by atoms with Crippen LogP contribution in [0.5, 0.6) is 0 Å². The summed E-state index contributed by atoms with van der Waals surface area (Å²) in [5.41, 5.74) is 0. The lowest BCUT2D eigenvalue weighted by molar-refractivity contribution is 0.631. The Bertz CT molecular complexity index is 140. The zero-order valence-electron chi connectivity index (χ0n) is 8.72. The molecule has 0 aliphatic rings. The van der Waals surface area contributed by atoms with Gasteiger partial charge in [0.2, 0.25) is 0 Å². The summed E-state index contributed by atoms with van der Waals surface area (Å²) in [4.78, 5) is 0. The number of rotatable bonds is 6. The summed E-state index contributed by atoms with van der Waals surface area (Å²) >= 11 is 6.99. The molecule has 4 heteroatoms. The molecule has 13 heavy (non-hydrogen) atoms. The first-order valence-electron chi connectivity index (χ1n) is 4.74. The Labute approximate surface area is 91.2 Å². The summed E-state index contributed by atoms with van der Waals surface area (Å²) < 4.78 is 0. The van der Waals surface area contributed by atoms with Crippen LogP contribution in [0.15, 0.2) is 0 Å². The van der Waals surface area contributed by atoms with Gasteiger partial charge in [0.1, 0.15) is 0 Å². The van der Waals surface area contributed by atoms with E-state index in [2.05, 4.69) is 30.7 Å². The van der Waals surface area contributed by atoms with E-state index < -0.39 is 0 Å². The maximum Gasteiger partial charge on any atom is 0.166 e. The van der Waals surface area contributed by atoms with Crippen molar-refractivity contribution in [2.45, 2.75) is 32.7 Å². The fourth-order valence-corrected chi connectivity index (χ4v) is 1.53. The third-order valence-corrected chi connectivity index (χ3v) is 2.76. The summed E-state index contributed by atoms with van der Waals surface area (Å²) in [5, 5.41) is 7.20. The first-order valence-corrected chi connectivity index (χ1v) is 6.54. The predicted molar refractivity (Wildman–Crippen MR) is 66.5 cm³/mol. The van der Waals surface area contributed by atoms with E-state index in [9.17, 15) is 0 Å². The van der Waals surface area contributed by atoms with E-state index >= 15 is 0 Å². The van der Waals surface area contributed by atoms with E-state index in [0.717, 1.165) is 18.1 Å². The minimum atomic E-state index is 0.473. The van der Waals surface area contributed by atoms with Crippen LogP contribution in [-0.2, 0) is 0 Å². The quantitative estimate of drug-likeness (QED) is 0.528. The van der Waals surface area contributed by atoms with E-state index in [1.54, 1.807) is 0 Å². The molecule has 0 rings (SSSR count). The standard InChI is InChI=1S/C9H20N2S2/c1-4-8(2)11-9(12)10-6-5-7-13-3/h8H,4-7H2,1-3H3,(H2,10,11,12). The molecule has 0 aliphatic heterocycles. The zero-order valence-corrected chi connectivity index (χ0v) is 10.4. The van der Waals surface area contributed by atoms with Crippen molar-refractivity contribution in [3.05, 3.63) is 0 Å². The van der Waals surface area contributed by atoms with Crippen LogP contribution in [0, 0.1) is 0 Å². The van der Waals surface area contributed by atoms with Crippen LogP contribution in [0.4, 0.5) is 0 Å². The first kappa shape index (κ1) is 13.0. The maximum atomic E-state index is 5.12. The Kier molecular flexibility index (Phi) is 8.66. The van der Waals surface area contributed by atoms with Crippen LogP contribution in [0.3, 0.4) is 0 Å². The van der Waals surface area contributed by atoms with Gasteiger partial charge in [0.15, 0.2) is 5.11 Å². The van der Waals surface area contributed by atoms with Crippen LogP contribution in [0.2, 0.25) is 0 Å². The van der Waals surface area contributed by atoms with Crippen LogP contribution in [0.1, 0.15) is 26.7 Å². The average molecular weight is 220 g/mol. The topological polar surface area (TPSA) is 24.1 Å². The van der Waals surface area contributed by atoms with E-state index in [1.807, 2.05) is 11.8 Å². The molecular formula is C9H20N2S2. The van der Waals surface area contributed by atoms with Crippen molar-refractivity contribution in [1.82, 2.24) is 10.6 Å². The zero-order chi connectivity index (χ0) is 10.1. The first-order chi connectivity index (χ1) is 6.20. The van der Waals surface area contributed by atoms with Gasteiger partial charge in [-0.1, -0.05) is 6.92 Å². The van der Waals surface area contributed by atoms with Crippen molar-refractivity contribution in [3.63, 3.8) is 0 Å². The Morgan fingerprint density at radius 2 is 2.23 bits per heavy atom. The summed E-state index contributed by atoms with van der Waals surface area (Å²) in [5.74, 6) is 1.19. The van der Waals surface area contributed by atoms with Crippen molar-refractivity contribution in [2.75, 3.05) is 18.6 Å². The molecule has 1 unspecified atom stereocenters. The molecule has 78 valence electrons. The van der Waals surface area contributed by atoms with Gasteiger partial charge in [0.25, 0.3) is 0 Å². The SMILES string of the molecule is CCC(C)NC(=S)NCCCSC. The van der Waals surface area contributed by atoms with Gasteiger partial charge in [-0.3, -0.25) is 0 Å². The van der Waals surface area contributed by atoms with Gasteiger partial charge in [-0.25, -0.2) is 0 Å². The third kappa shape index (κ3) is 8.37. The Morgan fingerprint density at radius 3 is 2.77 bits per heavy atom. The molecule has 0 aromatic heterocycles. The predicted octanol–water partition coefficient (Wildman–Crippen LogP) is 2.00. The average Bonchev–Trinajstić information content (AvgIpc) is 2.12. The molecule has 2 N–H and O–H groups in total. The van der Waals surface area contributed by atoms with E-state index in [4.69, 9.17) is 12.2 Å². The second-order valence-electron chi connectivity index (χ2n) is 3.06. The Hall–Kier alpha value is 0.0400. The molecule has 0 saturated heterocycles. The van der Waals surface area contributed by atoms with Crippen LogP contribution < -0.4 is 10.6 Å². The smallest absolute Gasteiger partial charge is 0.166 e. The molecule has 0 bridgehead atoms. The fraction of sp³-hybridized carbons (Fsp3) is 0.889. The summed E-state index contributed by atoms with van der Waals surface area (Å²) in [6.45, 7) is 5.26. The molecule has 0 spiro atoms. The van der Waals surface area contributed by atoms with Crippen molar-refractivity contribution < 1.29 is 0 Å². The van der Waals surface area contributed by atoms with Crippen molar-refractivity contribution in [1.29, 1.82) is 0 Å². The molecule has 0 radical (unpaired) electrons. The largest absolute Gasteiger partial charge is 0.363 e. The molecule has 0 amide bonds. The van der Waals surface area contributed by atoms with Gasteiger partial charge in [0.05, 0.1) is 0 Å². The monoisotopic (exact) mass is 220 g/mol. The summed E-state index contributed by atoms with van der Waals surface area (Å²) in [6, 6.07) is 0.473. The molecule has 0 fully saturated rings. The number of hydrogen-bond donors (Lipinski definition) is 2. The third-order valence-electron chi connectivity index (χ3n) is 1.80. The highest BCUT2D eigenvalue weighted by Crippen LogP contribution is 1.93. The van der Waals surface area contributed by atoms with Crippen molar-refractivity contribution >= 4 is 29.1 Å². The van der Waals surface area contributed by atoms with Gasteiger partial charge in [0, 0.05) is 12.6 Å². The molecule has 2 nitrogen and oxygen atoms in total. The summed E-state index contributed by atoms with van der Waals surface area (Å²) in [7, 11) is 0. The van der Waals surface area contributed by atoms with Crippen LogP contribution in [0.25, 0.3) is 0 Å². The van der Waals surface area contributed by atoms with Gasteiger partial charge >= 0.3 is 0 Å². The molecule has 1 atom stereocenters. The van der Waals surface area contributed by atoms with Gasteiger partial charge in [-0.05, 0) is 44.0 Å². The molecule has 0 aromatic carbocycles. The number of thioether (sulfide) groups is 1. The second kappa shape index (κ2) is 8.63. The summed E-state index contributed by atoms with van der Waals surface area (Å²) in [6.07, 6.45) is 4.39. The second-order valence-corrected chi connectivity index (χ2v) is 4.45. The lowest BCUT2D eigenvalue weighted by Crippen LogP contribution is -2.40. The van der Waals surface area contributed by atoms with E-state index in [0.29, 0.717) is 6.04 Å². The van der Waals surface area contributed by atoms with Gasteiger partial charge in [-0.2, -0.15) is 11.8 Å². The minimum absolute atomic E-state index is 0.473. The molecule has 0 saturated carbocycles. The lowest BCUT2D eigenvalue weighted by Gasteiger charge is -2.14. The number of nitrogens with one attached hydrogen (secondary N) is 2. The lowest BCUT2D eigenvalue weighted by atomic mass is 10.3. The molecule has 0 heterocycles. The highest BCUT2D eigenvalue weighted by atomic mass is 32.2. The highest BCUT2D eigenvalue weighted by molar-refractivity contribution is 7.98. The molecular weight excluding hydrogens is 200 g/mol. The van der Waals surface area contributed by atoms with E-state index in [1.165, 1.54) is 12.2 Å². The van der Waals surface area contributed by atoms with Gasteiger partial charge in [-0.15, -0.1) is 0 Å². The van der Waals surface area contributed by atoms with E-state index in [-0.39, 0.29) is 0 Å². The normalized spacial score (nSPS) is 12.2. The fourth-order valence-electron chi connectivity index (χ4n) is 0.795. The molecule has 0 aromatic rings. The number of hydrogen-bond acceptors (Lipinski definition) is 2. The number of thiocarbonyl (C=S) groups is 1. The maximum absolute atomic E-state index is 5.12. The van der Waals surface area contributed by atoms with Crippen molar-refractivity contribution in [2.24, 2.45) is 0 Å². The van der Waals surface area contributed by atoms with Crippen LogP contribution in [-0.4, -0.2) is 29.7 Å². The highest BCUT2D eigenvalue weighted by Gasteiger charge is 1.99. The minimum Gasteiger partial charge on any atom is -0.363 e. The molecule has 0 aliphatic carbocycles. The van der Waals surface area contributed by atoms with Crippen molar-refractivity contribution in [3.8, 4) is 0 Å². The van der Waals surface area contributed by atoms with Gasteiger partial charge < -0.3 is 10.6 Å². The van der Waals surface area contributed by atoms with Crippen LogP contribution >= 0.6 is 24.0 Å². The Balaban J connectivity index is 3.30. The Morgan fingerprint density at radius 1 is 1.54 bits per heavy atom.